The molecule has 1 amide bonds. The molecule has 2 aromatic carbocycles. The Morgan fingerprint density at radius 2 is 1.82 bits per heavy atom. The van der Waals surface area contributed by atoms with Crippen molar-refractivity contribution in [2.75, 3.05) is 12.4 Å². The summed E-state index contributed by atoms with van der Waals surface area (Å²) in [4.78, 5) is 30.3. The molecule has 9 heteroatoms. The van der Waals surface area contributed by atoms with Crippen molar-refractivity contribution in [2.45, 2.75) is 20.4 Å². The Morgan fingerprint density at radius 1 is 1.12 bits per heavy atom. The van der Waals surface area contributed by atoms with E-state index in [2.05, 4.69) is 15.5 Å². The molecule has 4 rings (SSSR count). The van der Waals surface area contributed by atoms with Crippen LogP contribution in [0.25, 0.3) is 22.8 Å². The van der Waals surface area contributed by atoms with Gasteiger partial charge in [-0.05, 0) is 74.0 Å². The van der Waals surface area contributed by atoms with E-state index in [1.807, 2.05) is 6.07 Å². The fourth-order valence-electron chi connectivity index (χ4n) is 3.44. The predicted octanol–water partition coefficient (Wildman–Crippen LogP) is 4.48. The van der Waals surface area contributed by atoms with Gasteiger partial charge in [-0.15, -0.1) is 0 Å². The second kappa shape index (κ2) is 9.30. The van der Waals surface area contributed by atoms with E-state index in [9.17, 15) is 9.59 Å². The summed E-state index contributed by atoms with van der Waals surface area (Å²) in [5.74, 6) is 0.768. The number of benzene rings is 2. The molecule has 0 saturated heterocycles. The van der Waals surface area contributed by atoms with Crippen LogP contribution in [0.15, 0.2) is 63.9 Å². The molecule has 33 heavy (non-hydrogen) atoms. The molecule has 8 nitrogen and oxygen atoms in total. The van der Waals surface area contributed by atoms with Gasteiger partial charge in [0.1, 0.15) is 17.9 Å². The monoisotopic (exact) mass is 464 g/mol. The number of anilines is 1. The molecule has 0 spiro atoms. The molecule has 0 bridgehead atoms. The summed E-state index contributed by atoms with van der Waals surface area (Å²) >= 11 is 5.93. The average molecular weight is 465 g/mol. The number of pyridine rings is 1. The second-order valence-corrected chi connectivity index (χ2v) is 7.88. The highest BCUT2D eigenvalue weighted by Gasteiger charge is 2.20. The van der Waals surface area contributed by atoms with Crippen LogP contribution in [0.2, 0.25) is 5.02 Å². The number of amides is 1. The Labute approximate surface area is 194 Å². The second-order valence-electron chi connectivity index (χ2n) is 7.44. The maximum Gasteiger partial charge on any atom is 0.264 e. The third-order valence-corrected chi connectivity index (χ3v) is 5.37. The first kappa shape index (κ1) is 22.3. The van der Waals surface area contributed by atoms with Crippen molar-refractivity contribution in [3.63, 3.8) is 0 Å². The number of hydrogen-bond acceptors (Lipinski definition) is 6. The van der Waals surface area contributed by atoms with E-state index in [1.54, 1.807) is 69.5 Å². The lowest BCUT2D eigenvalue weighted by atomic mass is 10.1. The zero-order valence-electron chi connectivity index (χ0n) is 18.3. The average Bonchev–Trinajstić information content (AvgIpc) is 3.27. The minimum Gasteiger partial charge on any atom is -0.497 e. The maximum atomic E-state index is 13.3. The van der Waals surface area contributed by atoms with Gasteiger partial charge >= 0.3 is 0 Å². The van der Waals surface area contributed by atoms with Crippen LogP contribution in [0.1, 0.15) is 11.3 Å². The molecule has 2 heterocycles. The zero-order chi connectivity index (χ0) is 23.5. The summed E-state index contributed by atoms with van der Waals surface area (Å²) < 4.78 is 11.9. The fraction of sp³-hybridized carbons (Fsp3) is 0.167. The number of carbonyl (C=O) groups is 1. The van der Waals surface area contributed by atoms with Gasteiger partial charge in [-0.1, -0.05) is 16.8 Å². The third kappa shape index (κ3) is 4.80. The number of aryl methyl sites for hydroxylation is 2. The predicted molar refractivity (Wildman–Crippen MR) is 126 cm³/mol. The zero-order valence-corrected chi connectivity index (χ0v) is 19.0. The molecule has 0 saturated carbocycles. The van der Waals surface area contributed by atoms with Crippen LogP contribution in [0.5, 0.6) is 5.75 Å². The van der Waals surface area contributed by atoms with Crippen LogP contribution in [0.3, 0.4) is 0 Å². The molecule has 2 aromatic heterocycles. The summed E-state index contributed by atoms with van der Waals surface area (Å²) in [6.45, 7) is 3.39. The maximum absolute atomic E-state index is 13.3. The molecule has 1 N–H and O–H groups in total. The smallest absolute Gasteiger partial charge is 0.264 e. The van der Waals surface area contributed by atoms with Crippen LogP contribution in [-0.4, -0.2) is 27.7 Å². The first-order chi connectivity index (χ1) is 15.9. The summed E-state index contributed by atoms with van der Waals surface area (Å²) in [5.41, 5.74) is 2.50. The standard InChI is InChI=1S/C24H21ClN4O4/c1-14-12-15(2)29(13-20(30)26-18-8-10-19(32-3)11-9-18)24(31)21(14)23-27-22(28-33-23)16-4-6-17(25)7-5-16/h4-12H,13H2,1-3H3,(H,26,30). The normalized spacial score (nSPS) is 10.8. The van der Waals surface area contributed by atoms with Crippen molar-refractivity contribution in [3.8, 4) is 28.6 Å². The van der Waals surface area contributed by atoms with Gasteiger partial charge in [0, 0.05) is 22.0 Å². The number of aromatic nitrogens is 3. The lowest BCUT2D eigenvalue weighted by molar-refractivity contribution is -0.116. The van der Waals surface area contributed by atoms with Crippen LogP contribution in [0.4, 0.5) is 5.69 Å². The number of halogens is 1. The molecule has 0 aliphatic heterocycles. The summed E-state index contributed by atoms with van der Waals surface area (Å²) in [6, 6.07) is 15.7. The topological polar surface area (TPSA) is 99.2 Å². The number of hydrogen-bond donors (Lipinski definition) is 1. The van der Waals surface area contributed by atoms with Gasteiger partial charge < -0.3 is 19.1 Å². The molecule has 168 valence electrons. The number of methoxy groups -OCH3 is 1. The van der Waals surface area contributed by atoms with Crippen LogP contribution < -0.4 is 15.6 Å². The molecule has 0 aliphatic rings. The Balaban J connectivity index is 1.61. The van der Waals surface area contributed by atoms with E-state index in [4.69, 9.17) is 20.9 Å². The van der Waals surface area contributed by atoms with Gasteiger partial charge in [-0.3, -0.25) is 9.59 Å². The molecule has 0 fully saturated rings. The number of rotatable bonds is 6. The number of ether oxygens (including phenoxy) is 1. The van der Waals surface area contributed by atoms with E-state index in [0.29, 0.717) is 39.1 Å². The van der Waals surface area contributed by atoms with E-state index in [1.165, 1.54) is 4.57 Å². The van der Waals surface area contributed by atoms with Gasteiger partial charge in [-0.25, -0.2) is 0 Å². The van der Waals surface area contributed by atoms with Gasteiger partial charge in [0.15, 0.2) is 0 Å². The molecule has 0 radical (unpaired) electrons. The molecular formula is C24H21ClN4O4. The summed E-state index contributed by atoms with van der Waals surface area (Å²) in [6.07, 6.45) is 0. The lowest BCUT2D eigenvalue weighted by Crippen LogP contribution is -2.30. The highest BCUT2D eigenvalue weighted by atomic mass is 35.5. The Hall–Kier alpha value is -3.91. The van der Waals surface area contributed by atoms with Crippen molar-refractivity contribution in [2.24, 2.45) is 0 Å². The lowest BCUT2D eigenvalue weighted by Gasteiger charge is -2.13. The quantitative estimate of drug-likeness (QED) is 0.451. The van der Waals surface area contributed by atoms with Crippen molar-refractivity contribution >= 4 is 23.2 Å². The molecule has 0 atom stereocenters. The van der Waals surface area contributed by atoms with Crippen molar-refractivity contribution in [1.82, 2.24) is 14.7 Å². The van der Waals surface area contributed by atoms with E-state index >= 15 is 0 Å². The summed E-state index contributed by atoms with van der Waals surface area (Å²) in [5, 5.41) is 7.36. The van der Waals surface area contributed by atoms with Gasteiger partial charge in [0.05, 0.1) is 7.11 Å². The Kier molecular flexibility index (Phi) is 6.28. The van der Waals surface area contributed by atoms with Crippen LogP contribution in [0, 0.1) is 13.8 Å². The SMILES string of the molecule is COc1ccc(NC(=O)Cn2c(C)cc(C)c(-c3nc(-c4ccc(Cl)cc4)no3)c2=O)cc1. The molecular weight excluding hydrogens is 444 g/mol. The highest BCUT2D eigenvalue weighted by molar-refractivity contribution is 6.30. The highest BCUT2D eigenvalue weighted by Crippen LogP contribution is 2.24. The van der Waals surface area contributed by atoms with Gasteiger partial charge in [0.2, 0.25) is 11.7 Å². The van der Waals surface area contributed by atoms with E-state index in [0.717, 1.165) is 0 Å². The first-order valence-corrected chi connectivity index (χ1v) is 10.5. The minimum atomic E-state index is -0.385. The largest absolute Gasteiger partial charge is 0.497 e. The Bertz CT molecular complexity index is 1360. The number of nitrogens with one attached hydrogen (secondary N) is 1. The van der Waals surface area contributed by atoms with Gasteiger partial charge in [-0.2, -0.15) is 4.98 Å². The summed E-state index contributed by atoms with van der Waals surface area (Å²) in [7, 11) is 1.57. The van der Waals surface area contributed by atoms with Crippen molar-refractivity contribution in [1.29, 1.82) is 0 Å². The van der Waals surface area contributed by atoms with Crippen molar-refractivity contribution < 1.29 is 14.1 Å². The third-order valence-electron chi connectivity index (χ3n) is 5.12. The minimum absolute atomic E-state index is 0.0896. The Morgan fingerprint density at radius 3 is 2.48 bits per heavy atom. The molecule has 0 aliphatic carbocycles. The number of nitrogens with zero attached hydrogens (tertiary/aromatic N) is 3. The van der Waals surface area contributed by atoms with Crippen LogP contribution in [-0.2, 0) is 11.3 Å². The van der Waals surface area contributed by atoms with Gasteiger partial charge in [0.25, 0.3) is 11.4 Å². The molecule has 4 aromatic rings. The molecule has 0 unspecified atom stereocenters. The van der Waals surface area contributed by atoms with E-state index in [-0.39, 0.29) is 29.5 Å². The van der Waals surface area contributed by atoms with Crippen molar-refractivity contribution in [3.05, 3.63) is 81.2 Å². The van der Waals surface area contributed by atoms with Crippen LogP contribution >= 0.6 is 11.6 Å². The first-order valence-electron chi connectivity index (χ1n) is 10.1. The van der Waals surface area contributed by atoms with E-state index < -0.39 is 0 Å². The fourth-order valence-corrected chi connectivity index (χ4v) is 3.57. The number of carbonyl (C=O) groups excluding carboxylic acids is 1.